The largest absolute Gasteiger partial charge is 0.339 e. The first-order valence-electron chi connectivity index (χ1n) is 6.64. The Morgan fingerprint density at radius 2 is 2.12 bits per heavy atom. The zero-order valence-electron chi connectivity index (χ0n) is 10.5. The van der Waals surface area contributed by atoms with Gasteiger partial charge in [0.2, 0.25) is 5.91 Å². The first-order valence-corrected chi connectivity index (χ1v) is 6.64. The third-order valence-corrected chi connectivity index (χ3v) is 4.35. The lowest BCUT2D eigenvalue weighted by Gasteiger charge is -2.27. The maximum atomic E-state index is 12.4. The Morgan fingerprint density at radius 1 is 1.38 bits per heavy atom. The molecule has 0 aromatic carbocycles. The van der Waals surface area contributed by atoms with Crippen molar-refractivity contribution < 1.29 is 4.79 Å². The van der Waals surface area contributed by atoms with Gasteiger partial charge < -0.3 is 10.6 Å². The van der Waals surface area contributed by atoms with Gasteiger partial charge in [-0.15, -0.1) is 0 Å². The molecule has 92 valence electrons. The van der Waals surface area contributed by atoms with Gasteiger partial charge in [0, 0.05) is 18.5 Å². The molecule has 0 spiro atoms. The van der Waals surface area contributed by atoms with Crippen LogP contribution in [0, 0.1) is 17.8 Å². The van der Waals surface area contributed by atoms with Crippen molar-refractivity contribution >= 4 is 5.91 Å². The molecule has 1 amide bonds. The quantitative estimate of drug-likeness (QED) is 0.774. The van der Waals surface area contributed by atoms with E-state index in [0.717, 1.165) is 25.8 Å². The smallest absolute Gasteiger partial charge is 0.226 e. The Kier molecular flexibility index (Phi) is 3.53. The molecular weight excluding hydrogens is 200 g/mol. The van der Waals surface area contributed by atoms with E-state index in [4.69, 9.17) is 5.73 Å². The highest BCUT2D eigenvalue weighted by atomic mass is 16.2. The van der Waals surface area contributed by atoms with Crippen molar-refractivity contribution in [3.63, 3.8) is 0 Å². The first-order chi connectivity index (χ1) is 7.63. The predicted octanol–water partition coefficient (Wildman–Crippen LogP) is 1.62. The lowest BCUT2D eigenvalue weighted by molar-refractivity contribution is -0.137. The molecule has 1 saturated heterocycles. The molecule has 0 radical (unpaired) electrons. The normalized spacial score (nSPS) is 39.3. The minimum absolute atomic E-state index is 0.220. The molecule has 4 unspecified atom stereocenters. The van der Waals surface area contributed by atoms with Crippen molar-refractivity contribution in [1.29, 1.82) is 0 Å². The molecule has 2 aliphatic rings. The summed E-state index contributed by atoms with van der Waals surface area (Å²) in [7, 11) is 0. The summed E-state index contributed by atoms with van der Waals surface area (Å²) in [6.45, 7) is 6.04. The molecule has 0 bridgehead atoms. The van der Waals surface area contributed by atoms with E-state index in [1.54, 1.807) is 0 Å². The summed E-state index contributed by atoms with van der Waals surface area (Å²) in [6.07, 6.45) is 4.53. The van der Waals surface area contributed by atoms with E-state index in [0.29, 0.717) is 30.3 Å². The van der Waals surface area contributed by atoms with Gasteiger partial charge in [-0.3, -0.25) is 4.79 Å². The molecule has 16 heavy (non-hydrogen) atoms. The molecule has 3 heteroatoms. The van der Waals surface area contributed by atoms with Crippen LogP contribution < -0.4 is 5.73 Å². The second-order valence-electron chi connectivity index (χ2n) is 5.71. The highest BCUT2D eigenvalue weighted by Gasteiger charge is 2.38. The van der Waals surface area contributed by atoms with Gasteiger partial charge in [0.25, 0.3) is 0 Å². The third kappa shape index (κ3) is 2.10. The summed E-state index contributed by atoms with van der Waals surface area (Å²) in [5, 5.41) is 0. The minimum atomic E-state index is 0.220. The molecule has 1 heterocycles. The number of likely N-dealkylation sites (tertiary alicyclic amines) is 1. The average molecular weight is 224 g/mol. The van der Waals surface area contributed by atoms with Crippen LogP contribution in [0.25, 0.3) is 0 Å². The van der Waals surface area contributed by atoms with Crippen LogP contribution >= 0.6 is 0 Å². The van der Waals surface area contributed by atoms with Crippen molar-refractivity contribution in [2.24, 2.45) is 23.5 Å². The van der Waals surface area contributed by atoms with Gasteiger partial charge in [-0.25, -0.2) is 0 Å². The van der Waals surface area contributed by atoms with Crippen LogP contribution in [0.5, 0.6) is 0 Å². The van der Waals surface area contributed by atoms with Crippen molar-refractivity contribution in [3.8, 4) is 0 Å². The highest BCUT2D eigenvalue weighted by molar-refractivity contribution is 5.80. The van der Waals surface area contributed by atoms with Gasteiger partial charge in [-0.2, -0.15) is 0 Å². The Morgan fingerprint density at radius 3 is 2.69 bits per heavy atom. The average Bonchev–Trinajstić information content (AvgIpc) is 2.83. The molecule has 2 N–H and O–H groups in total. The monoisotopic (exact) mass is 224 g/mol. The van der Waals surface area contributed by atoms with Gasteiger partial charge in [0.1, 0.15) is 0 Å². The fraction of sp³-hybridized carbons (Fsp3) is 0.923. The lowest BCUT2D eigenvalue weighted by Crippen LogP contribution is -2.40. The van der Waals surface area contributed by atoms with Crippen LogP contribution in [0.3, 0.4) is 0 Å². The number of carbonyl (C=O) groups excluding carboxylic acids is 1. The number of amides is 1. The van der Waals surface area contributed by atoms with Crippen LogP contribution in [0.4, 0.5) is 0 Å². The van der Waals surface area contributed by atoms with Crippen LogP contribution in [-0.4, -0.2) is 29.9 Å². The molecule has 1 saturated carbocycles. The first kappa shape index (κ1) is 11.9. The molecular formula is C13H24N2O. The van der Waals surface area contributed by atoms with E-state index in [-0.39, 0.29) is 5.92 Å². The van der Waals surface area contributed by atoms with Crippen molar-refractivity contribution in [3.05, 3.63) is 0 Å². The van der Waals surface area contributed by atoms with E-state index in [1.807, 2.05) is 0 Å². The zero-order chi connectivity index (χ0) is 11.7. The van der Waals surface area contributed by atoms with E-state index in [9.17, 15) is 4.79 Å². The summed E-state index contributed by atoms with van der Waals surface area (Å²) in [6, 6.07) is 0.432. The van der Waals surface area contributed by atoms with E-state index in [2.05, 4.69) is 18.7 Å². The number of nitrogens with zero attached hydrogens (tertiary/aromatic N) is 1. The molecule has 3 nitrogen and oxygen atoms in total. The van der Waals surface area contributed by atoms with Crippen molar-refractivity contribution in [2.75, 3.05) is 13.1 Å². The second-order valence-corrected chi connectivity index (χ2v) is 5.71. The van der Waals surface area contributed by atoms with Crippen LogP contribution in [-0.2, 0) is 4.79 Å². The maximum absolute atomic E-state index is 12.4. The van der Waals surface area contributed by atoms with Gasteiger partial charge >= 0.3 is 0 Å². The topological polar surface area (TPSA) is 46.3 Å². The summed E-state index contributed by atoms with van der Waals surface area (Å²) >= 11 is 0. The summed E-state index contributed by atoms with van der Waals surface area (Å²) < 4.78 is 0. The minimum Gasteiger partial charge on any atom is -0.339 e. The van der Waals surface area contributed by atoms with Gasteiger partial charge in [-0.05, 0) is 44.6 Å². The summed E-state index contributed by atoms with van der Waals surface area (Å²) in [5.41, 5.74) is 5.75. The van der Waals surface area contributed by atoms with E-state index in [1.165, 1.54) is 6.42 Å². The number of hydrogen-bond acceptors (Lipinski definition) is 2. The van der Waals surface area contributed by atoms with Crippen molar-refractivity contribution in [1.82, 2.24) is 4.90 Å². The fourth-order valence-electron chi connectivity index (χ4n) is 3.46. The summed E-state index contributed by atoms with van der Waals surface area (Å²) in [5.74, 6) is 1.70. The second kappa shape index (κ2) is 4.74. The Labute approximate surface area is 98.4 Å². The number of nitrogens with two attached hydrogens (primary N) is 1. The fourth-order valence-corrected chi connectivity index (χ4v) is 3.46. The highest BCUT2D eigenvalue weighted by Crippen LogP contribution is 2.34. The van der Waals surface area contributed by atoms with Crippen LogP contribution in [0.1, 0.15) is 39.5 Å². The van der Waals surface area contributed by atoms with Gasteiger partial charge in [0.15, 0.2) is 0 Å². The van der Waals surface area contributed by atoms with Gasteiger partial charge in [-0.1, -0.05) is 13.3 Å². The molecule has 1 aliphatic carbocycles. The van der Waals surface area contributed by atoms with E-state index >= 15 is 0 Å². The molecule has 4 atom stereocenters. The molecule has 0 aromatic rings. The van der Waals surface area contributed by atoms with Crippen molar-refractivity contribution in [2.45, 2.75) is 45.6 Å². The lowest BCUT2D eigenvalue weighted by atomic mass is 9.94. The molecule has 2 rings (SSSR count). The zero-order valence-corrected chi connectivity index (χ0v) is 10.5. The Hall–Kier alpha value is -0.570. The molecule has 2 fully saturated rings. The predicted molar refractivity (Wildman–Crippen MR) is 64.8 cm³/mol. The number of rotatable bonds is 2. The number of hydrogen-bond donors (Lipinski definition) is 1. The number of carbonyl (C=O) groups is 1. The Balaban J connectivity index is 2.01. The SMILES string of the molecule is CC1CC(C)N(C(=O)C2CCCC2CN)C1. The van der Waals surface area contributed by atoms with E-state index < -0.39 is 0 Å². The summed E-state index contributed by atoms with van der Waals surface area (Å²) in [4.78, 5) is 14.5. The van der Waals surface area contributed by atoms with Crippen LogP contribution in [0.15, 0.2) is 0 Å². The standard InChI is InChI=1S/C13H24N2O/c1-9-6-10(2)15(8-9)13(16)12-5-3-4-11(12)7-14/h9-12H,3-8,14H2,1-2H3. The maximum Gasteiger partial charge on any atom is 0.226 e. The molecule has 0 aromatic heterocycles. The van der Waals surface area contributed by atoms with Gasteiger partial charge in [0.05, 0.1) is 0 Å². The van der Waals surface area contributed by atoms with Crippen LogP contribution in [0.2, 0.25) is 0 Å². The third-order valence-electron chi connectivity index (χ3n) is 4.35. The Bertz CT molecular complexity index is 263. The molecule has 1 aliphatic heterocycles.